The molecular formula is C10H14N4O2. The highest BCUT2D eigenvalue weighted by molar-refractivity contribution is 5.21. The van der Waals surface area contributed by atoms with Gasteiger partial charge in [0, 0.05) is 18.8 Å². The zero-order chi connectivity index (χ0) is 12.3. The average molecular weight is 222 g/mol. The van der Waals surface area contributed by atoms with Crippen LogP contribution in [0, 0.1) is 11.3 Å². The third kappa shape index (κ3) is 2.58. The van der Waals surface area contributed by atoms with E-state index in [9.17, 15) is 9.59 Å². The van der Waals surface area contributed by atoms with E-state index in [1.807, 2.05) is 25.9 Å². The van der Waals surface area contributed by atoms with E-state index < -0.39 is 11.2 Å². The van der Waals surface area contributed by atoms with Crippen LogP contribution in [0.4, 0.5) is 0 Å². The van der Waals surface area contributed by atoms with Gasteiger partial charge in [-0.05, 0) is 21.0 Å². The minimum atomic E-state index is -0.638. The van der Waals surface area contributed by atoms with E-state index in [1.54, 1.807) is 6.07 Å². The van der Waals surface area contributed by atoms with Gasteiger partial charge in [0.2, 0.25) is 0 Å². The first kappa shape index (κ1) is 12.2. The predicted octanol–water partition coefficient (Wildman–Crippen LogP) is -0.469. The fourth-order valence-corrected chi connectivity index (χ4v) is 1.51. The number of aromatic amines is 1. The van der Waals surface area contributed by atoms with E-state index in [-0.39, 0.29) is 11.6 Å². The summed E-state index contributed by atoms with van der Waals surface area (Å²) in [5.41, 5.74) is -1.18. The van der Waals surface area contributed by atoms with Crippen molar-refractivity contribution >= 4 is 0 Å². The van der Waals surface area contributed by atoms with Crippen LogP contribution in [0.3, 0.4) is 0 Å². The van der Waals surface area contributed by atoms with Crippen LogP contribution in [0.1, 0.15) is 18.5 Å². The van der Waals surface area contributed by atoms with E-state index in [4.69, 9.17) is 5.26 Å². The molecule has 1 aromatic rings. The maximum Gasteiger partial charge on any atom is 0.328 e. The Hall–Kier alpha value is -1.87. The number of nitrogens with one attached hydrogen (secondary N) is 1. The molecule has 0 amide bonds. The summed E-state index contributed by atoms with van der Waals surface area (Å²) in [6, 6.07) is 1.65. The lowest BCUT2D eigenvalue weighted by molar-refractivity contribution is 0.330. The van der Waals surface area contributed by atoms with Gasteiger partial charge < -0.3 is 4.90 Å². The molecule has 1 unspecified atom stereocenters. The van der Waals surface area contributed by atoms with Gasteiger partial charge in [0.25, 0.3) is 5.56 Å². The van der Waals surface area contributed by atoms with Crippen molar-refractivity contribution in [2.24, 2.45) is 0 Å². The van der Waals surface area contributed by atoms with Crippen molar-refractivity contribution in [2.75, 3.05) is 20.6 Å². The Balaban J connectivity index is 3.20. The lowest BCUT2D eigenvalue weighted by Crippen LogP contribution is -2.35. The predicted molar refractivity (Wildman–Crippen MR) is 59.3 cm³/mol. The normalized spacial score (nSPS) is 12.4. The van der Waals surface area contributed by atoms with Crippen molar-refractivity contribution in [3.8, 4) is 6.07 Å². The highest BCUT2D eigenvalue weighted by Gasteiger charge is 2.10. The topological polar surface area (TPSA) is 81.9 Å². The number of nitriles is 1. The summed E-state index contributed by atoms with van der Waals surface area (Å²) in [5, 5.41) is 8.70. The Bertz CT molecular complexity index is 521. The second kappa shape index (κ2) is 4.77. The van der Waals surface area contributed by atoms with Crippen LogP contribution in [0.25, 0.3) is 0 Å². The number of hydrogen-bond acceptors (Lipinski definition) is 4. The van der Waals surface area contributed by atoms with E-state index >= 15 is 0 Å². The zero-order valence-corrected chi connectivity index (χ0v) is 9.52. The molecule has 0 aromatic carbocycles. The first-order valence-electron chi connectivity index (χ1n) is 4.86. The number of H-pyrrole nitrogens is 1. The summed E-state index contributed by atoms with van der Waals surface area (Å²) in [5.74, 6) is 0. The largest absolute Gasteiger partial charge is 0.328 e. The fourth-order valence-electron chi connectivity index (χ4n) is 1.51. The van der Waals surface area contributed by atoms with Crippen molar-refractivity contribution in [1.29, 1.82) is 5.26 Å². The molecule has 0 bridgehead atoms. The van der Waals surface area contributed by atoms with Gasteiger partial charge in [0.1, 0.15) is 11.6 Å². The maximum atomic E-state index is 11.5. The van der Waals surface area contributed by atoms with Gasteiger partial charge in [0.05, 0.1) is 0 Å². The molecule has 0 spiro atoms. The van der Waals surface area contributed by atoms with Gasteiger partial charge in [-0.1, -0.05) is 0 Å². The van der Waals surface area contributed by atoms with Crippen LogP contribution < -0.4 is 11.2 Å². The molecule has 0 aliphatic carbocycles. The molecule has 0 fully saturated rings. The van der Waals surface area contributed by atoms with Gasteiger partial charge in [-0.15, -0.1) is 0 Å². The highest BCUT2D eigenvalue weighted by Crippen LogP contribution is 2.02. The van der Waals surface area contributed by atoms with Gasteiger partial charge in [-0.3, -0.25) is 14.3 Å². The molecule has 0 saturated carbocycles. The van der Waals surface area contributed by atoms with Crippen LogP contribution >= 0.6 is 0 Å². The molecule has 1 aromatic heterocycles. The molecule has 6 heteroatoms. The zero-order valence-electron chi connectivity index (χ0n) is 9.52. The Morgan fingerprint density at radius 1 is 1.56 bits per heavy atom. The number of nitrogens with zero attached hydrogens (tertiary/aromatic N) is 3. The second-order valence-corrected chi connectivity index (χ2v) is 3.93. The molecule has 1 rings (SSSR count). The van der Waals surface area contributed by atoms with Gasteiger partial charge in [-0.25, -0.2) is 4.79 Å². The molecule has 0 saturated heterocycles. The Morgan fingerprint density at radius 3 is 2.69 bits per heavy atom. The SMILES string of the molecule is CC(CN(C)C)n1cc(C#N)c(=O)[nH]c1=O. The maximum absolute atomic E-state index is 11.5. The van der Waals surface area contributed by atoms with E-state index in [2.05, 4.69) is 4.98 Å². The van der Waals surface area contributed by atoms with Crippen molar-refractivity contribution in [3.05, 3.63) is 32.6 Å². The van der Waals surface area contributed by atoms with Crippen molar-refractivity contribution in [1.82, 2.24) is 14.5 Å². The van der Waals surface area contributed by atoms with Gasteiger partial charge >= 0.3 is 5.69 Å². The highest BCUT2D eigenvalue weighted by atomic mass is 16.2. The van der Waals surface area contributed by atoms with Crippen LogP contribution in [0.2, 0.25) is 0 Å². The average Bonchev–Trinajstić information content (AvgIpc) is 2.16. The third-order valence-corrected chi connectivity index (χ3v) is 2.19. The monoisotopic (exact) mass is 222 g/mol. The quantitative estimate of drug-likeness (QED) is 0.749. The van der Waals surface area contributed by atoms with Crippen LogP contribution in [-0.2, 0) is 0 Å². The molecule has 6 nitrogen and oxygen atoms in total. The molecule has 1 heterocycles. The number of rotatable bonds is 3. The Morgan fingerprint density at radius 2 is 2.19 bits per heavy atom. The number of hydrogen-bond donors (Lipinski definition) is 1. The van der Waals surface area contributed by atoms with Crippen LogP contribution in [0.5, 0.6) is 0 Å². The minimum Gasteiger partial charge on any atom is -0.307 e. The minimum absolute atomic E-state index is 0.0507. The lowest BCUT2D eigenvalue weighted by Gasteiger charge is -2.18. The molecule has 86 valence electrons. The van der Waals surface area contributed by atoms with Crippen molar-refractivity contribution < 1.29 is 0 Å². The summed E-state index contributed by atoms with van der Waals surface area (Å²) in [7, 11) is 3.77. The molecule has 0 radical (unpaired) electrons. The molecular weight excluding hydrogens is 208 g/mol. The number of aromatic nitrogens is 2. The number of likely N-dealkylation sites (N-methyl/N-ethyl adjacent to an activating group) is 1. The first-order chi connectivity index (χ1) is 7.45. The summed E-state index contributed by atoms with van der Waals surface area (Å²) >= 11 is 0. The van der Waals surface area contributed by atoms with E-state index in [0.717, 1.165) is 0 Å². The smallest absolute Gasteiger partial charge is 0.307 e. The van der Waals surface area contributed by atoms with Crippen LogP contribution in [-0.4, -0.2) is 35.1 Å². The van der Waals surface area contributed by atoms with Crippen LogP contribution in [0.15, 0.2) is 15.8 Å². The fraction of sp³-hybridized carbons (Fsp3) is 0.500. The van der Waals surface area contributed by atoms with Gasteiger partial charge in [-0.2, -0.15) is 5.26 Å². The van der Waals surface area contributed by atoms with E-state index in [0.29, 0.717) is 6.54 Å². The van der Waals surface area contributed by atoms with Gasteiger partial charge in [0.15, 0.2) is 0 Å². The molecule has 1 N–H and O–H groups in total. The molecule has 0 aliphatic rings. The summed E-state index contributed by atoms with van der Waals surface area (Å²) in [4.78, 5) is 26.7. The molecule has 0 aliphatic heterocycles. The summed E-state index contributed by atoms with van der Waals surface area (Å²) < 4.78 is 1.36. The van der Waals surface area contributed by atoms with Crippen molar-refractivity contribution in [2.45, 2.75) is 13.0 Å². The standard InChI is InChI=1S/C10H14N4O2/c1-7(5-13(2)3)14-6-8(4-11)9(15)12-10(14)16/h6-7H,5H2,1-3H3,(H,12,15,16). The first-order valence-corrected chi connectivity index (χ1v) is 4.86. The summed E-state index contributed by atoms with van der Waals surface area (Å²) in [6.07, 6.45) is 1.30. The molecule has 1 atom stereocenters. The third-order valence-electron chi connectivity index (χ3n) is 2.19. The lowest BCUT2D eigenvalue weighted by atomic mass is 10.3. The Kier molecular flexibility index (Phi) is 3.64. The molecule has 16 heavy (non-hydrogen) atoms. The second-order valence-electron chi connectivity index (χ2n) is 3.93. The Labute approximate surface area is 92.7 Å². The van der Waals surface area contributed by atoms with Crippen molar-refractivity contribution in [3.63, 3.8) is 0 Å². The summed E-state index contributed by atoms with van der Waals surface area (Å²) in [6.45, 7) is 2.50. The van der Waals surface area contributed by atoms with E-state index in [1.165, 1.54) is 10.8 Å².